The van der Waals surface area contributed by atoms with Crippen molar-refractivity contribution in [3.05, 3.63) is 41.2 Å². The first kappa shape index (κ1) is 19.3. The van der Waals surface area contributed by atoms with E-state index in [9.17, 15) is 4.79 Å². The lowest BCUT2D eigenvalue weighted by Crippen LogP contribution is -2.51. The van der Waals surface area contributed by atoms with Gasteiger partial charge in [0.2, 0.25) is 0 Å². The summed E-state index contributed by atoms with van der Waals surface area (Å²) >= 11 is 6.36. The fraction of sp³-hybridized carbons (Fsp3) is 0.478. The summed E-state index contributed by atoms with van der Waals surface area (Å²) in [6.45, 7) is 0.733. The summed E-state index contributed by atoms with van der Waals surface area (Å²) in [7, 11) is 0. The van der Waals surface area contributed by atoms with Crippen LogP contribution in [0.15, 0.2) is 30.6 Å². The molecule has 0 saturated heterocycles. The lowest BCUT2D eigenvalue weighted by Gasteiger charge is -2.56. The highest BCUT2D eigenvalue weighted by Crippen LogP contribution is 2.59. The van der Waals surface area contributed by atoms with Crippen LogP contribution in [-0.4, -0.2) is 22.4 Å². The molecule has 30 heavy (non-hydrogen) atoms. The Labute approximate surface area is 181 Å². The number of carbonyl (C=O) groups is 1. The quantitative estimate of drug-likeness (QED) is 0.542. The zero-order valence-corrected chi connectivity index (χ0v) is 17.5. The summed E-state index contributed by atoms with van der Waals surface area (Å²) in [4.78, 5) is 21.5. The van der Waals surface area contributed by atoms with E-state index < -0.39 is 0 Å². The third kappa shape index (κ3) is 3.63. The maximum Gasteiger partial charge on any atom is 0.252 e. The van der Waals surface area contributed by atoms with Crippen LogP contribution in [0, 0.1) is 34.6 Å². The van der Waals surface area contributed by atoms with Crippen molar-refractivity contribution in [1.82, 2.24) is 15.3 Å². The third-order valence-electron chi connectivity index (χ3n) is 7.11. The standard InChI is InChI=1S/C23H24ClN5O/c24-19-2-1-17(20-10-26-11-21(29-20)28-13-25)6-18(19)22(30)27-12-23-7-14-3-15(8-23)5-16(4-14)9-23/h1-2,6,10-11,14-16H,3-5,7-9,12H2,(H,27,30)(H,28,29). The zero-order chi connectivity index (χ0) is 20.7. The summed E-state index contributed by atoms with van der Waals surface area (Å²) in [5, 5.41) is 14.9. The molecule has 2 N–H and O–H groups in total. The lowest BCUT2D eigenvalue weighted by atomic mass is 9.49. The van der Waals surface area contributed by atoms with Crippen molar-refractivity contribution in [1.29, 1.82) is 5.26 Å². The third-order valence-corrected chi connectivity index (χ3v) is 7.44. The van der Waals surface area contributed by atoms with Gasteiger partial charge in [-0.25, -0.2) is 4.98 Å². The van der Waals surface area contributed by atoms with Gasteiger partial charge in [0, 0.05) is 12.1 Å². The van der Waals surface area contributed by atoms with E-state index in [4.69, 9.17) is 16.9 Å². The number of hydrogen-bond acceptors (Lipinski definition) is 5. The average Bonchev–Trinajstić information content (AvgIpc) is 2.72. The van der Waals surface area contributed by atoms with Crippen LogP contribution in [0.5, 0.6) is 0 Å². The predicted octanol–water partition coefficient (Wildman–Crippen LogP) is 4.64. The van der Waals surface area contributed by atoms with Gasteiger partial charge in [-0.05, 0) is 73.8 Å². The lowest BCUT2D eigenvalue weighted by molar-refractivity contribution is -0.0503. The smallest absolute Gasteiger partial charge is 0.252 e. The molecule has 6 rings (SSSR count). The minimum Gasteiger partial charge on any atom is -0.351 e. The highest BCUT2D eigenvalue weighted by molar-refractivity contribution is 6.34. The average molecular weight is 422 g/mol. The van der Waals surface area contributed by atoms with Crippen LogP contribution >= 0.6 is 11.6 Å². The number of halogens is 1. The van der Waals surface area contributed by atoms with Crippen LogP contribution in [0.1, 0.15) is 48.9 Å². The van der Waals surface area contributed by atoms with Gasteiger partial charge in [0.15, 0.2) is 12.0 Å². The largest absolute Gasteiger partial charge is 0.351 e. The van der Waals surface area contributed by atoms with E-state index in [2.05, 4.69) is 20.6 Å². The Balaban J connectivity index is 1.33. The molecule has 4 aliphatic carbocycles. The van der Waals surface area contributed by atoms with Gasteiger partial charge in [-0.15, -0.1) is 0 Å². The first-order valence-electron chi connectivity index (χ1n) is 10.6. The molecule has 1 aromatic heterocycles. The van der Waals surface area contributed by atoms with E-state index in [0.29, 0.717) is 22.1 Å². The molecule has 6 nitrogen and oxygen atoms in total. The Morgan fingerprint density at radius 2 is 1.87 bits per heavy atom. The Bertz CT molecular complexity index is 995. The molecule has 0 spiro atoms. The molecule has 1 amide bonds. The number of nitriles is 1. The SMILES string of the molecule is N#CNc1cncc(-c2ccc(Cl)c(C(=O)NCC34CC5CC(CC(C5)C3)C4)c2)n1. The van der Waals surface area contributed by atoms with Gasteiger partial charge in [0.05, 0.1) is 28.7 Å². The first-order chi connectivity index (χ1) is 14.5. The molecule has 0 unspecified atom stereocenters. The number of carbonyl (C=O) groups excluding carboxylic acids is 1. The second-order valence-electron chi connectivity index (χ2n) is 9.32. The van der Waals surface area contributed by atoms with Gasteiger partial charge in [0.25, 0.3) is 5.91 Å². The number of hydrogen-bond donors (Lipinski definition) is 2. The number of rotatable bonds is 5. The van der Waals surface area contributed by atoms with Crippen LogP contribution < -0.4 is 10.6 Å². The minimum absolute atomic E-state index is 0.142. The molecule has 1 heterocycles. The first-order valence-corrected chi connectivity index (χ1v) is 11.0. The fourth-order valence-electron chi connectivity index (χ4n) is 6.35. The van der Waals surface area contributed by atoms with E-state index in [1.54, 1.807) is 24.4 Å². The maximum absolute atomic E-state index is 13.0. The molecule has 1 aromatic carbocycles. The van der Waals surface area contributed by atoms with Gasteiger partial charge in [-0.1, -0.05) is 17.7 Å². The Morgan fingerprint density at radius 1 is 1.17 bits per heavy atom. The Morgan fingerprint density at radius 3 is 2.53 bits per heavy atom. The molecule has 0 radical (unpaired) electrons. The van der Waals surface area contributed by atoms with Crippen molar-refractivity contribution in [2.45, 2.75) is 38.5 Å². The second-order valence-corrected chi connectivity index (χ2v) is 9.73. The molecule has 0 aliphatic heterocycles. The second kappa shape index (κ2) is 7.55. The van der Waals surface area contributed by atoms with Crippen LogP contribution in [0.4, 0.5) is 5.82 Å². The number of aromatic nitrogens is 2. The van der Waals surface area contributed by atoms with Crippen molar-refractivity contribution in [2.24, 2.45) is 23.2 Å². The van der Waals surface area contributed by atoms with Gasteiger partial charge in [-0.3, -0.25) is 15.1 Å². The maximum atomic E-state index is 13.0. The summed E-state index contributed by atoms with van der Waals surface area (Å²) in [6, 6.07) is 5.26. The van der Waals surface area contributed by atoms with Crippen molar-refractivity contribution >= 4 is 23.3 Å². The van der Waals surface area contributed by atoms with E-state index in [0.717, 1.165) is 29.9 Å². The number of nitrogens with one attached hydrogen (secondary N) is 2. The molecule has 2 aromatic rings. The minimum atomic E-state index is -0.142. The molecule has 4 aliphatic rings. The molecule has 4 saturated carbocycles. The Hall–Kier alpha value is -2.65. The predicted molar refractivity (Wildman–Crippen MR) is 115 cm³/mol. The van der Waals surface area contributed by atoms with Crippen LogP contribution in [0.2, 0.25) is 5.02 Å². The van der Waals surface area contributed by atoms with Crippen LogP contribution in [-0.2, 0) is 0 Å². The van der Waals surface area contributed by atoms with Gasteiger partial charge >= 0.3 is 0 Å². The zero-order valence-electron chi connectivity index (χ0n) is 16.7. The van der Waals surface area contributed by atoms with Gasteiger partial charge in [0.1, 0.15) is 0 Å². The summed E-state index contributed by atoms with van der Waals surface area (Å²) in [5.41, 5.74) is 2.02. The van der Waals surface area contributed by atoms with E-state index in [-0.39, 0.29) is 11.3 Å². The number of benzene rings is 1. The summed E-state index contributed by atoms with van der Waals surface area (Å²) in [5.74, 6) is 2.78. The normalized spacial score (nSPS) is 28.7. The molecular weight excluding hydrogens is 398 g/mol. The number of amides is 1. The summed E-state index contributed by atoms with van der Waals surface area (Å²) < 4.78 is 0. The molecule has 4 bridgehead atoms. The van der Waals surface area contributed by atoms with Crippen molar-refractivity contribution in [2.75, 3.05) is 11.9 Å². The molecular formula is C23H24ClN5O. The topological polar surface area (TPSA) is 90.7 Å². The number of nitrogens with zero attached hydrogens (tertiary/aromatic N) is 3. The Kier molecular flexibility index (Phi) is 4.86. The molecule has 4 fully saturated rings. The molecule has 7 heteroatoms. The fourth-order valence-corrected chi connectivity index (χ4v) is 6.55. The van der Waals surface area contributed by atoms with E-state index >= 15 is 0 Å². The van der Waals surface area contributed by atoms with Crippen LogP contribution in [0.3, 0.4) is 0 Å². The van der Waals surface area contributed by atoms with E-state index in [1.807, 2.05) is 6.19 Å². The molecule has 154 valence electrons. The monoisotopic (exact) mass is 421 g/mol. The number of anilines is 1. The highest BCUT2D eigenvalue weighted by Gasteiger charge is 2.50. The van der Waals surface area contributed by atoms with Crippen molar-refractivity contribution < 1.29 is 4.79 Å². The van der Waals surface area contributed by atoms with Gasteiger partial charge < -0.3 is 5.32 Å². The summed E-state index contributed by atoms with van der Waals surface area (Å²) in [6.07, 6.45) is 12.8. The van der Waals surface area contributed by atoms with Crippen LogP contribution in [0.25, 0.3) is 11.3 Å². The van der Waals surface area contributed by atoms with Crippen molar-refractivity contribution in [3.8, 4) is 17.5 Å². The van der Waals surface area contributed by atoms with Gasteiger partial charge in [-0.2, -0.15) is 5.26 Å². The highest BCUT2D eigenvalue weighted by atomic mass is 35.5. The van der Waals surface area contributed by atoms with E-state index in [1.165, 1.54) is 44.7 Å². The molecule has 0 atom stereocenters. The van der Waals surface area contributed by atoms with Crippen molar-refractivity contribution in [3.63, 3.8) is 0 Å².